The molecule has 0 spiro atoms. The van der Waals surface area contributed by atoms with Crippen molar-refractivity contribution in [2.75, 3.05) is 23.8 Å². The Kier molecular flexibility index (Phi) is 8.30. The van der Waals surface area contributed by atoms with Crippen molar-refractivity contribution < 1.29 is 28.7 Å². The van der Waals surface area contributed by atoms with E-state index in [-0.39, 0.29) is 22.0 Å². The fraction of sp³-hybridized carbons (Fsp3) is 0.238. The lowest BCUT2D eigenvalue weighted by Gasteiger charge is -2.07. The average Bonchev–Trinajstić information content (AvgIpc) is 3.03. The van der Waals surface area contributed by atoms with Crippen molar-refractivity contribution in [3.8, 4) is 0 Å². The maximum absolute atomic E-state index is 12.7. The van der Waals surface area contributed by atoms with Crippen LogP contribution < -0.4 is 10.6 Å². The first kappa shape index (κ1) is 22.8. The van der Waals surface area contributed by atoms with Gasteiger partial charge in [0.1, 0.15) is 5.00 Å². The number of hydrogen-bond acceptors (Lipinski definition) is 7. The molecule has 1 heterocycles. The van der Waals surface area contributed by atoms with Gasteiger partial charge < -0.3 is 20.1 Å². The van der Waals surface area contributed by atoms with Crippen molar-refractivity contribution in [1.29, 1.82) is 0 Å². The largest absolute Gasteiger partial charge is 0.462 e. The van der Waals surface area contributed by atoms with Crippen molar-refractivity contribution in [3.63, 3.8) is 0 Å². The van der Waals surface area contributed by atoms with Crippen LogP contribution in [0.15, 0.2) is 42.5 Å². The number of ether oxygens (including phenoxy) is 2. The third kappa shape index (κ3) is 6.02. The van der Waals surface area contributed by atoms with Crippen molar-refractivity contribution in [3.05, 3.63) is 58.5 Å². The highest BCUT2D eigenvalue weighted by Gasteiger charge is 2.27. The molecular weight excluding hydrogens is 408 g/mol. The predicted octanol–water partition coefficient (Wildman–Crippen LogP) is 3.54. The summed E-state index contributed by atoms with van der Waals surface area (Å²) in [5.74, 6) is -2.39. The van der Waals surface area contributed by atoms with Crippen LogP contribution in [0.1, 0.15) is 39.4 Å². The van der Waals surface area contributed by atoms with Gasteiger partial charge in [-0.3, -0.25) is 9.59 Å². The average molecular weight is 430 g/mol. The lowest BCUT2D eigenvalue weighted by molar-refractivity contribution is -0.142. The monoisotopic (exact) mass is 430 g/mol. The van der Waals surface area contributed by atoms with Gasteiger partial charge in [-0.25, -0.2) is 9.59 Å². The molecule has 1 aromatic carbocycles. The Hall–Kier alpha value is -3.46. The van der Waals surface area contributed by atoms with Crippen molar-refractivity contribution >= 4 is 45.8 Å². The second-order valence-electron chi connectivity index (χ2n) is 5.96. The molecule has 0 unspecified atom stereocenters. The Balaban J connectivity index is 2.26. The van der Waals surface area contributed by atoms with E-state index in [1.54, 1.807) is 45.0 Å². The summed E-state index contributed by atoms with van der Waals surface area (Å²) in [5.41, 5.74) is 1.07. The maximum Gasteiger partial charge on any atom is 0.341 e. The van der Waals surface area contributed by atoms with Gasteiger partial charge in [-0.1, -0.05) is 24.3 Å². The van der Waals surface area contributed by atoms with Gasteiger partial charge in [-0.05, 0) is 38.5 Å². The molecule has 0 fully saturated rings. The first-order valence-electron chi connectivity index (χ1n) is 9.13. The SMILES string of the molecule is C/C=C/C(=O)OCC(=O)Nc1sc(C(=O)Nc2ccccc2)c(C)c1C(=O)OCC. The number of anilines is 2. The third-order valence-electron chi connectivity index (χ3n) is 3.77. The molecule has 2 N–H and O–H groups in total. The summed E-state index contributed by atoms with van der Waals surface area (Å²) < 4.78 is 9.86. The second kappa shape index (κ2) is 10.9. The number of thiophene rings is 1. The highest BCUT2D eigenvalue weighted by molar-refractivity contribution is 7.18. The minimum absolute atomic E-state index is 0.0909. The van der Waals surface area contributed by atoms with E-state index in [4.69, 9.17) is 9.47 Å². The van der Waals surface area contributed by atoms with Crippen LogP contribution in [0, 0.1) is 6.92 Å². The van der Waals surface area contributed by atoms with Gasteiger partial charge in [0.25, 0.3) is 11.8 Å². The van der Waals surface area contributed by atoms with Crippen LogP contribution in [0.4, 0.5) is 10.7 Å². The first-order valence-corrected chi connectivity index (χ1v) is 9.95. The summed E-state index contributed by atoms with van der Waals surface area (Å²) in [7, 11) is 0. The number of carbonyl (C=O) groups excluding carboxylic acids is 4. The van der Waals surface area contributed by atoms with E-state index in [2.05, 4.69) is 10.6 Å². The topological polar surface area (TPSA) is 111 Å². The predicted molar refractivity (Wildman–Crippen MR) is 114 cm³/mol. The molecule has 30 heavy (non-hydrogen) atoms. The zero-order valence-electron chi connectivity index (χ0n) is 16.8. The zero-order chi connectivity index (χ0) is 22.1. The number of carbonyl (C=O) groups is 4. The molecule has 0 aliphatic heterocycles. The highest BCUT2D eigenvalue weighted by Crippen LogP contribution is 2.34. The van der Waals surface area contributed by atoms with Gasteiger partial charge in [-0.2, -0.15) is 0 Å². The molecule has 158 valence electrons. The van der Waals surface area contributed by atoms with E-state index in [0.717, 1.165) is 11.3 Å². The highest BCUT2D eigenvalue weighted by atomic mass is 32.1. The molecule has 2 amide bonds. The van der Waals surface area contributed by atoms with Crippen LogP contribution in [-0.4, -0.2) is 37.0 Å². The summed E-state index contributed by atoms with van der Waals surface area (Å²) in [6.45, 7) is 4.50. The normalized spacial score (nSPS) is 10.5. The molecule has 0 bridgehead atoms. The first-order chi connectivity index (χ1) is 14.4. The standard InChI is InChI=1S/C21H22N2O6S/c1-4-9-16(25)29-12-15(24)23-20-17(21(27)28-5-2)13(3)18(30-20)19(26)22-14-10-7-6-8-11-14/h4,6-11H,5,12H2,1-3H3,(H,22,26)(H,23,24)/b9-4+. The number of allylic oxidation sites excluding steroid dienone is 1. The summed E-state index contributed by atoms with van der Waals surface area (Å²) in [4.78, 5) is 48.9. The molecule has 1 aromatic heterocycles. The van der Waals surface area contributed by atoms with Crippen LogP contribution in [-0.2, 0) is 19.1 Å². The fourth-order valence-corrected chi connectivity index (χ4v) is 3.57. The minimum Gasteiger partial charge on any atom is -0.462 e. The summed E-state index contributed by atoms with van der Waals surface area (Å²) in [5, 5.41) is 5.42. The van der Waals surface area contributed by atoms with E-state index in [0.29, 0.717) is 11.3 Å². The van der Waals surface area contributed by atoms with Crippen LogP contribution >= 0.6 is 11.3 Å². The second-order valence-corrected chi connectivity index (χ2v) is 6.98. The number of benzene rings is 1. The molecular formula is C21H22N2O6S. The molecule has 9 heteroatoms. The fourth-order valence-electron chi connectivity index (χ4n) is 2.46. The van der Waals surface area contributed by atoms with Gasteiger partial charge in [0.05, 0.1) is 17.0 Å². The molecule has 2 aromatic rings. The van der Waals surface area contributed by atoms with E-state index < -0.39 is 30.4 Å². The number of esters is 2. The van der Waals surface area contributed by atoms with Crippen LogP contribution in [0.25, 0.3) is 0 Å². The molecule has 0 aliphatic rings. The molecule has 0 atom stereocenters. The van der Waals surface area contributed by atoms with Gasteiger partial charge in [-0.15, -0.1) is 11.3 Å². The van der Waals surface area contributed by atoms with Crippen LogP contribution in [0.2, 0.25) is 0 Å². The Morgan fingerprint density at radius 1 is 1.07 bits per heavy atom. The lowest BCUT2D eigenvalue weighted by atomic mass is 10.1. The van der Waals surface area contributed by atoms with Crippen LogP contribution in [0.5, 0.6) is 0 Å². The summed E-state index contributed by atoms with van der Waals surface area (Å²) in [6, 6.07) is 8.84. The quantitative estimate of drug-likeness (QED) is 0.490. The van der Waals surface area contributed by atoms with Gasteiger partial charge in [0.15, 0.2) is 6.61 Å². The molecule has 0 radical (unpaired) electrons. The van der Waals surface area contributed by atoms with Crippen LogP contribution in [0.3, 0.4) is 0 Å². The Morgan fingerprint density at radius 3 is 2.40 bits per heavy atom. The number of nitrogens with one attached hydrogen (secondary N) is 2. The summed E-state index contributed by atoms with van der Waals surface area (Å²) >= 11 is 0.941. The molecule has 2 rings (SSSR count). The number of hydrogen-bond donors (Lipinski definition) is 2. The van der Waals surface area contributed by atoms with Gasteiger partial charge in [0, 0.05) is 11.8 Å². The minimum atomic E-state index is -0.663. The van der Waals surface area contributed by atoms with Gasteiger partial charge in [0.2, 0.25) is 0 Å². The van der Waals surface area contributed by atoms with E-state index in [1.165, 1.54) is 12.2 Å². The van der Waals surface area contributed by atoms with E-state index in [9.17, 15) is 19.2 Å². The van der Waals surface area contributed by atoms with E-state index >= 15 is 0 Å². The molecule has 0 saturated heterocycles. The summed E-state index contributed by atoms with van der Waals surface area (Å²) in [6.07, 6.45) is 2.66. The maximum atomic E-state index is 12.7. The lowest BCUT2D eigenvalue weighted by Crippen LogP contribution is -2.21. The van der Waals surface area contributed by atoms with Crippen molar-refractivity contribution in [1.82, 2.24) is 0 Å². The van der Waals surface area contributed by atoms with E-state index in [1.807, 2.05) is 6.07 Å². The Bertz CT molecular complexity index is 965. The number of rotatable bonds is 8. The Labute approximate surface area is 177 Å². The molecule has 0 aliphatic carbocycles. The third-order valence-corrected chi connectivity index (χ3v) is 4.97. The van der Waals surface area contributed by atoms with Gasteiger partial charge >= 0.3 is 11.9 Å². The Morgan fingerprint density at radius 2 is 1.77 bits per heavy atom. The molecule has 0 saturated carbocycles. The van der Waals surface area contributed by atoms with Crippen molar-refractivity contribution in [2.45, 2.75) is 20.8 Å². The number of para-hydroxylation sites is 1. The smallest absolute Gasteiger partial charge is 0.341 e. The molecule has 8 nitrogen and oxygen atoms in total. The number of amides is 2. The zero-order valence-corrected chi connectivity index (χ0v) is 17.6. The van der Waals surface area contributed by atoms with Crippen molar-refractivity contribution in [2.24, 2.45) is 0 Å².